The van der Waals surface area contributed by atoms with Gasteiger partial charge in [-0.3, -0.25) is 4.68 Å². The highest BCUT2D eigenvalue weighted by Gasteiger charge is 2.30. The van der Waals surface area contributed by atoms with Crippen LogP contribution in [-0.2, 0) is 7.05 Å². The number of benzene rings is 1. The van der Waals surface area contributed by atoms with Crippen molar-refractivity contribution in [3.8, 4) is 5.75 Å². The Labute approximate surface area is 192 Å². The Morgan fingerprint density at radius 3 is 2.82 bits per heavy atom. The quantitative estimate of drug-likeness (QED) is 0.516. The topological polar surface area (TPSA) is 121 Å². The summed E-state index contributed by atoms with van der Waals surface area (Å²) in [6.45, 7) is 6.08. The molecule has 3 aromatic rings. The van der Waals surface area contributed by atoms with E-state index in [1.54, 1.807) is 18.0 Å². The molecule has 0 spiro atoms. The Bertz CT molecular complexity index is 1150. The first-order valence-electron chi connectivity index (χ1n) is 10.9. The molecule has 33 heavy (non-hydrogen) atoms. The molecule has 0 unspecified atom stereocenters. The van der Waals surface area contributed by atoms with Gasteiger partial charge in [0.2, 0.25) is 5.95 Å². The average Bonchev–Trinajstić information content (AvgIpc) is 3.19. The van der Waals surface area contributed by atoms with Crippen molar-refractivity contribution in [1.82, 2.24) is 24.6 Å². The lowest BCUT2D eigenvalue weighted by atomic mass is 10.1. The fourth-order valence-corrected chi connectivity index (χ4v) is 4.03. The number of urea groups is 1. The van der Waals surface area contributed by atoms with Gasteiger partial charge in [0.1, 0.15) is 11.6 Å². The molecule has 1 atom stereocenters. The van der Waals surface area contributed by atoms with E-state index >= 15 is 0 Å². The number of fused-ring (bicyclic) bond motifs is 1. The highest BCUT2D eigenvalue weighted by atomic mass is 16.5. The first-order chi connectivity index (χ1) is 15.9. The zero-order valence-corrected chi connectivity index (χ0v) is 19.4. The third-order valence-electron chi connectivity index (χ3n) is 5.83. The number of methoxy groups -OCH3 is 1. The number of amides is 2. The van der Waals surface area contributed by atoms with Crippen LogP contribution in [0.15, 0.2) is 24.4 Å². The number of carbonyl (C=O) groups excluding carboxylic acids is 1. The van der Waals surface area contributed by atoms with E-state index < -0.39 is 0 Å². The number of aromatic nitrogens is 4. The molecule has 1 saturated heterocycles. The number of piperazine rings is 1. The Kier molecular flexibility index (Phi) is 6.50. The molecule has 0 bridgehead atoms. The van der Waals surface area contributed by atoms with Gasteiger partial charge in [-0.05, 0) is 37.6 Å². The molecule has 1 aromatic carbocycles. The van der Waals surface area contributed by atoms with Crippen molar-refractivity contribution >= 4 is 34.5 Å². The normalized spacial score (nSPS) is 16.2. The van der Waals surface area contributed by atoms with Gasteiger partial charge in [0.05, 0.1) is 25.3 Å². The second-order valence-electron chi connectivity index (χ2n) is 8.13. The maximum absolute atomic E-state index is 12.9. The van der Waals surface area contributed by atoms with Crippen LogP contribution in [0.25, 0.3) is 11.0 Å². The van der Waals surface area contributed by atoms with Crippen LogP contribution in [0.2, 0.25) is 0 Å². The van der Waals surface area contributed by atoms with Crippen LogP contribution in [0.4, 0.5) is 22.2 Å². The summed E-state index contributed by atoms with van der Waals surface area (Å²) in [7, 11) is 3.46. The number of aliphatic hydroxyl groups excluding tert-OH is 1. The smallest absolute Gasteiger partial charge is 0.321 e. The molecular weight excluding hydrogens is 424 g/mol. The number of anilines is 3. The molecule has 11 heteroatoms. The summed E-state index contributed by atoms with van der Waals surface area (Å²) in [5, 5.41) is 20.4. The van der Waals surface area contributed by atoms with Gasteiger partial charge < -0.3 is 30.3 Å². The van der Waals surface area contributed by atoms with Crippen LogP contribution in [0.5, 0.6) is 5.75 Å². The maximum atomic E-state index is 12.9. The van der Waals surface area contributed by atoms with Crippen molar-refractivity contribution in [2.45, 2.75) is 19.9 Å². The Hall–Kier alpha value is -3.60. The van der Waals surface area contributed by atoms with E-state index in [1.807, 2.05) is 37.1 Å². The van der Waals surface area contributed by atoms with E-state index in [0.717, 1.165) is 28.2 Å². The summed E-state index contributed by atoms with van der Waals surface area (Å²) in [5.41, 5.74) is 2.42. The molecule has 11 nitrogen and oxygen atoms in total. The third kappa shape index (κ3) is 4.63. The number of aliphatic hydroxyl groups is 1. The minimum Gasteiger partial charge on any atom is -0.497 e. The van der Waals surface area contributed by atoms with E-state index in [1.165, 1.54) is 0 Å². The molecule has 0 saturated carbocycles. The number of hydrogen-bond acceptors (Lipinski definition) is 8. The van der Waals surface area contributed by atoms with Crippen molar-refractivity contribution in [2.75, 3.05) is 55.4 Å². The van der Waals surface area contributed by atoms with Gasteiger partial charge in [-0.25, -0.2) is 4.79 Å². The van der Waals surface area contributed by atoms with Gasteiger partial charge in [-0.2, -0.15) is 15.1 Å². The fourth-order valence-electron chi connectivity index (χ4n) is 4.03. The number of nitrogens with one attached hydrogen (secondary N) is 2. The molecule has 2 aromatic heterocycles. The zero-order valence-electron chi connectivity index (χ0n) is 19.4. The molecule has 3 heterocycles. The molecule has 1 aliphatic heterocycles. The number of ether oxygens (including phenoxy) is 1. The van der Waals surface area contributed by atoms with E-state index in [-0.39, 0.29) is 18.7 Å². The van der Waals surface area contributed by atoms with Gasteiger partial charge in [0.25, 0.3) is 0 Å². The number of aryl methyl sites for hydroxylation is 2. The van der Waals surface area contributed by atoms with E-state index in [0.29, 0.717) is 37.8 Å². The van der Waals surface area contributed by atoms with Crippen LogP contribution >= 0.6 is 0 Å². The van der Waals surface area contributed by atoms with Gasteiger partial charge >= 0.3 is 6.03 Å². The van der Waals surface area contributed by atoms with Crippen LogP contribution in [-0.4, -0.2) is 81.7 Å². The minimum atomic E-state index is -0.130. The summed E-state index contributed by atoms with van der Waals surface area (Å²) in [4.78, 5) is 26.2. The predicted octanol–water partition coefficient (Wildman–Crippen LogP) is 1.83. The highest BCUT2D eigenvalue weighted by Crippen LogP contribution is 2.28. The van der Waals surface area contributed by atoms with E-state index in [4.69, 9.17) is 14.8 Å². The van der Waals surface area contributed by atoms with E-state index in [9.17, 15) is 4.79 Å². The van der Waals surface area contributed by atoms with Crippen LogP contribution in [0, 0.1) is 6.92 Å². The first-order valence-corrected chi connectivity index (χ1v) is 10.9. The highest BCUT2D eigenvalue weighted by molar-refractivity contribution is 5.91. The molecule has 4 rings (SSSR count). The Morgan fingerprint density at radius 1 is 1.30 bits per heavy atom. The number of rotatable bonds is 6. The summed E-state index contributed by atoms with van der Waals surface area (Å²) in [6.07, 6.45) is 1.76. The summed E-state index contributed by atoms with van der Waals surface area (Å²) < 4.78 is 6.94. The van der Waals surface area contributed by atoms with Gasteiger partial charge in [-0.15, -0.1) is 0 Å². The van der Waals surface area contributed by atoms with Gasteiger partial charge in [0, 0.05) is 45.0 Å². The SMILES string of the molecule is COc1ccc(NC(=O)N2CCN(c3nc(NCCO)nc4c3cnn4C)[C@@H](C)C2)c(C)c1. The van der Waals surface area contributed by atoms with E-state index in [2.05, 4.69) is 32.5 Å². The summed E-state index contributed by atoms with van der Waals surface area (Å²) >= 11 is 0. The average molecular weight is 455 g/mol. The lowest BCUT2D eigenvalue weighted by molar-refractivity contribution is 0.200. The van der Waals surface area contributed by atoms with Crippen molar-refractivity contribution in [3.05, 3.63) is 30.0 Å². The predicted molar refractivity (Wildman–Crippen MR) is 127 cm³/mol. The summed E-state index contributed by atoms with van der Waals surface area (Å²) in [6, 6.07) is 5.49. The Morgan fingerprint density at radius 2 is 2.12 bits per heavy atom. The molecule has 176 valence electrons. The van der Waals surface area contributed by atoms with Crippen LogP contribution in [0.1, 0.15) is 12.5 Å². The van der Waals surface area contributed by atoms with Gasteiger partial charge in [-0.1, -0.05) is 0 Å². The molecule has 0 radical (unpaired) electrons. The van der Waals surface area contributed by atoms with Crippen LogP contribution < -0.4 is 20.3 Å². The molecule has 1 fully saturated rings. The van der Waals surface area contributed by atoms with Crippen molar-refractivity contribution in [2.24, 2.45) is 7.05 Å². The molecule has 1 aliphatic rings. The number of carbonyl (C=O) groups is 1. The lowest BCUT2D eigenvalue weighted by Crippen LogP contribution is -2.55. The molecule has 0 aliphatic carbocycles. The van der Waals surface area contributed by atoms with Crippen molar-refractivity contribution in [3.63, 3.8) is 0 Å². The minimum absolute atomic E-state index is 0.0139. The number of hydrogen-bond donors (Lipinski definition) is 3. The summed E-state index contributed by atoms with van der Waals surface area (Å²) in [5.74, 6) is 1.97. The molecular formula is C22H30N8O3. The largest absolute Gasteiger partial charge is 0.497 e. The zero-order chi connectivity index (χ0) is 23.5. The Balaban J connectivity index is 1.50. The third-order valence-corrected chi connectivity index (χ3v) is 5.83. The number of nitrogens with zero attached hydrogens (tertiary/aromatic N) is 6. The van der Waals surface area contributed by atoms with Gasteiger partial charge in [0.15, 0.2) is 5.65 Å². The second kappa shape index (κ2) is 9.49. The molecule has 2 amide bonds. The fraction of sp³-hybridized carbons (Fsp3) is 0.455. The van der Waals surface area contributed by atoms with Crippen LogP contribution in [0.3, 0.4) is 0 Å². The standard InChI is InChI=1S/C22H30N8O3/c1-14-11-16(33-4)5-6-18(14)25-22(32)29-8-9-30(15(2)13-29)20-17-12-24-28(3)19(17)26-21(27-20)23-7-10-31/h5-6,11-12,15,31H,7-10,13H2,1-4H3,(H,25,32)(H,23,26,27)/t15-/m0/s1. The monoisotopic (exact) mass is 454 g/mol. The first kappa shape index (κ1) is 22.6. The lowest BCUT2D eigenvalue weighted by Gasteiger charge is -2.40. The van der Waals surface area contributed by atoms with Crippen molar-refractivity contribution in [1.29, 1.82) is 0 Å². The molecule has 3 N–H and O–H groups in total. The second-order valence-corrected chi connectivity index (χ2v) is 8.13. The maximum Gasteiger partial charge on any atom is 0.321 e. The van der Waals surface area contributed by atoms with Crippen molar-refractivity contribution < 1.29 is 14.6 Å².